The van der Waals surface area contributed by atoms with Crippen molar-refractivity contribution in [2.75, 3.05) is 0 Å². The summed E-state index contributed by atoms with van der Waals surface area (Å²) >= 11 is 0. The topological polar surface area (TPSA) is 64.0 Å². The summed E-state index contributed by atoms with van der Waals surface area (Å²) in [6.45, 7) is 1.75. The van der Waals surface area contributed by atoms with Crippen molar-refractivity contribution in [1.82, 2.24) is 15.1 Å². The van der Waals surface area contributed by atoms with Gasteiger partial charge in [0.2, 0.25) is 5.91 Å². The summed E-state index contributed by atoms with van der Waals surface area (Å²) < 4.78 is 1.34. The lowest BCUT2D eigenvalue weighted by molar-refractivity contribution is -0.125. The molecule has 1 amide bonds. The Bertz CT molecular complexity index is 871. The van der Waals surface area contributed by atoms with Crippen LogP contribution in [0, 0.1) is 0 Å². The molecule has 2 atom stereocenters. The number of fused-ring (bicyclic) bond motifs is 2. The van der Waals surface area contributed by atoms with Gasteiger partial charge in [-0.25, -0.2) is 4.68 Å². The van der Waals surface area contributed by atoms with Crippen LogP contribution < -0.4 is 10.9 Å². The maximum Gasteiger partial charge on any atom is 0.267 e. The molecule has 1 heterocycles. The largest absolute Gasteiger partial charge is 0.347 e. The molecule has 2 aromatic rings. The average molecular weight is 337 g/mol. The number of hydrogen-bond donors (Lipinski definition) is 1. The molecular formula is C20H23N3O2. The minimum atomic E-state index is -0.604. The van der Waals surface area contributed by atoms with Gasteiger partial charge < -0.3 is 5.32 Å². The molecule has 0 radical (unpaired) electrons. The lowest BCUT2D eigenvalue weighted by atomic mass is 9.87. The molecule has 25 heavy (non-hydrogen) atoms. The van der Waals surface area contributed by atoms with E-state index in [9.17, 15) is 9.59 Å². The third-order valence-corrected chi connectivity index (χ3v) is 5.41. The highest BCUT2D eigenvalue weighted by atomic mass is 16.2. The molecule has 1 aromatic carbocycles. The fourth-order valence-electron chi connectivity index (χ4n) is 4.00. The molecule has 0 bridgehead atoms. The van der Waals surface area contributed by atoms with Crippen LogP contribution in [0.4, 0.5) is 0 Å². The van der Waals surface area contributed by atoms with Gasteiger partial charge in [0.25, 0.3) is 5.56 Å². The summed E-state index contributed by atoms with van der Waals surface area (Å²) in [5.41, 5.74) is 4.31. The number of aryl methyl sites for hydroxylation is 3. The maximum absolute atomic E-state index is 12.8. The summed E-state index contributed by atoms with van der Waals surface area (Å²) in [5.74, 6) is -0.144. The molecular weight excluding hydrogens is 314 g/mol. The van der Waals surface area contributed by atoms with E-state index in [1.165, 1.54) is 15.8 Å². The van der Waals surface area contributed by atoms with Gasteiger partial charge in [-0.1, -0.05) is 24.3 Å². The van der Waals surface area contributed by atoms with E-state index in [0.717, 1.165) is 49.8 Å². The van der Waals surface area contributed by atoms with Crippen LogP contribution in [0.5, 0.6) is 0 Å². The highest BCUT2D eigenvalue weighted by molar-refractivity contribution is 5.80. The molecule has 0 spiro atoms. The molecule has 0 saturated heterocycles. The van der Waals surface area contributed by atoms with Crippen LogP contribution in [0.25, 0.3) is 0 Å². The molecule has 5 nitrogen and oxygen atoms in total. The van der Waals surface area contributed by atoms with Gasteiger partial charge in [-0.05, 0) is 62.1 Å². The normalized spacial score (nSPS) is 19.8. The Morgan fingerprint density at radius 3 is 2.88 bits per heavy atom. The van der Waals surface area contributed by atoms with Gasteiger partial charge in [0.05, 0.1) is 11.7 Å². The predicted octanol–water partition coefficient (Wildman–Crippen LogP) is 2.49. The van der Waals surface area contributed by atoms with E-state index >= 15 is 0 Å². The summed E-state index contributed by atoms with van der Waals surface area (Å²) in [4.78, 5) is 25.1. The van der Waals surface area contributed by atoms with Crippen LogP contribution in [-0.2, 0) is 24.1 Å². The number of carbonyl (C=O) groups excluding carboxylic acids is 1. The second kappa shape index (κ2) is 6.47. The second-order valence-corrected chi connectivity index (χ2v) is 7.08. The number of nitrogens with zero attached hydrogens (tertiary/aromatic N) is 2. The van der Waals surface area contributed by atoms with E-state index in [1.807, 2.05) is 12.1 Å². The second-order valence-electron chi connectivity index (χ2n) is 7.08. The van der Waals surface area contributed by atoms with E-state index in [4.69, 9.17) is 0 Å². The van der Waals surface area contributed by atoms with Gasteiger partial charge in [-0.15, -0.1) is 0 Å². The molecule has 2 aliphatic rings. The number of aromatic nitrogens is 2. The summed E-state index contributed by atoms with van der Waals surface area (Å²) in [7, 11) is 0. The first-order chi connectivity index (χ1) is 12.1. The molecule has 2 aliphatic carbocycles. The monoisotopic (exact) mass is 337 g/mol. The van der Waals surface area contributed by atoms with E-state index in [1.54, 1.807) is 13.0 Å². The molecule has 0 fully saturated rings. The molecule has 1 N–H and O–H groups in total. The number of carbonyl (C=O) groups is 1. The third-order valence-electron chi connectivity index (χ3n) is 5.41. The van der Waals surface area contributed by atoms with Crippen molar-refractivity contribution < 1.29 is 4.79 Å². The maximum atomic E-state index is 12.8. The third kappa shape index (κ3) is 2.99. The zero-order valence-electron chi connectivity index (χ0n) is 14.5. The van der Waals surface area contributed by atoms with Crippen LogP contribution in [0.1, 0.15) is 60.7 Å². The van der Waals surface area contributed by atoms with E-state index < -0.39 is 6.04 Å². The number of rotatable bonds is 3. The molecule has 0 aliphatic heterocycles. The van der Waals surface area contributed by atoms with Gasteiger partial charge in [0.1, 0.15) is 6.04 Å². The van der Waals surface area contributed by atoms with Crippen molar-refractivity contribution >= 4 is 5.91 Å². The Labute approximate surface area is 147 Å². The number of amides is 1. The van der Waals surface area contributed by atoms with Crippen LogP contribution in [0.3, 0.4) is 0 Å². The number of nitrogens with one attached hydrogen (secondary N) is 1. The fourth-order valence-corrected chi connectivity index (χ4v) is 4.00. The van der Waals surface area contributed by atoms with Gasteiger partial charge >= 0.3 is 0 Å². The number of benzene rings is 1. The molecule has 130 valence electrons. The molecule has 0 saturated carbocycles. The highest BCUT2D eigenvalue weighted by Crippen LogP contribution is 2.29. The first kappa shape index (κ1) is 16.1. The Hall–Kier alpha value is -2.43. The van der Waals surface area contributed by atoms with Crippen molar-refractivity contribution in [2.45, 2.75) is 57.5 Å². The first-order valence-electron chi connectivity index (χ1n) is 9.13. The Balaban J connectivity index is 1.55. The lowest BCUT2D eigenvalue weighted by Gasteiger charge is -2.27. The fraction of sp³-hybridized carbons (Fsp3) is 0.450. The van der Waals surface area contributed by atoms with E-state index in [0.29, 0.717) is 0 Å². The SMILES string of the molecule is C[C@@H](C(=O)N[C@@H]1CCCc2ccccc21)n1nc2c(cc1=O)CCC2. The Morgan fingerprint density at radius 2 is 2.00 bits per heavy atom. The van der Waals surface area contributed by atoms with Crippen molar-refractivity contribution in [3.8, 4) is 0 Å². The quantitative estimate of drug-likeness (QED) is 0.936. The standard InChI is InChI=1S/C20H23N3O2/c1-13(23-19(24)12-15-8-5-10-17(15)22-23)20(25)21-18-11-4-7-14-6-2-3-9-16(14)18/h2-3,6,9,12-13,18H,4-5,7-8,10-11H2,1H3,(H,21,25)/t13-,18+/m0/s1. The van der Waals surface area contributed by atoms with E-state index in [2.05, 4.69) is 22.5 Å². The molecule has 5 heteroatoms. The number of hydrogen-bond acceptors (Lipinski definition) is 3. The van der Waals surface area contributed by atoms with Crippen molar-refractivity contribution in [1.29, 1.82) is 0 Å². The highest BCUT2D eigenvalue weighted by Gasteiger charge is 2.26. The Morgan fingerprint density at radius 1 is 1.20 bits per heavy atom. The average Bonchev–Trinajstić information content (AvgIpc) is 3.08. The zero-order valence-corrected chi connectivity index (χ0v) is 14.5. The van der Waals surface area contributed by atoms with E-state index in [-0.39, 0.29) is 17.5 Å². The van der Waals surface area contributed by atoms with Crippen molar-refractivity contribution in [3.63, 3.8) is 0 Å². The summed E-state index contributed by atoms with van der Waals surface area (Å²) in [6, 6.07) is 9.33. The van der Waals surface area contributed by atoms with Crippen LogP contribution >= 0.6 is 0 Å². The van der Waals surface area contributed by atoms with Crippen molar-refractivity contribution in [2.24, 2.45) is 0 Å². The Kier molecular flexibility index (Phi) is 4.15. The van der Waals surface area contributed by atoms with Crippen LogP contribution in [0.15, 0.2) is 35.1 Å². The van der Waals surface area contributed by atoms with Gasteiger partial charge in [0, 0.05) is 6.07 Å². The van der Waals surface area contributed by atoms with Crippen LogP contribution in [0.2, 0.25) is 0 Å². The lowest BCUT2D eigenvalue weighted by Crippen LogP contribution is -2.39. The minimum absolute atomic E-state index is 0.0185. The smallest absolute Gasteiger partial charge is 0.267 e. The minimum Gasteiger partial charge on any atom is -0.347 e. The van der Waals surface area contributed by atoms with Gasteiger partial charge in [-0.3, -0.25) is 9.59 Å². The predicted molar refractivity (Wildman–Crippen MR) is 95.5 cm³/mol. The zero-order chi connectivity index (χ0) is 17.4. The summed E-state index contributed by atoms with van der Waals surface area (Å²) in [6.07, 6.45) is 5.89. The van der Waals surface area contributed by atoms with Gasteiger partial charge in [0.15, 0.2) is 0 Å². The molecule has 4 rings (SSSR count). The van der Waals surface area contributed by atoms with Crippen LogP contribution in [-0.4, -0.2) is 15.7 Å². The van der Waals surface area contributed by atoms with Crippen molar-refractivity contribution in [3.05, 3.63) is 63.1 Å². The first-order valence-corrected chi connectivity index (χ1v) is 9.13. The molecule has 0 unspecified atom stereocenters. The molecule has 1 aromatic heterocycles. The van der Waals surface area contributed by atoms with Gasteiger partial charge in [-0.2, -0.15) is 5.10 Å². The summed E-state index contributed by atoms with van der Waals surface area (Å²) in [5, 5.41) is 7.58.